The molecule has 0 aliphatic heterocycles. The van der Waals surface area contributed by atoms with Gasteiger partial charge in [0.15, 0.2) is 11.5 Å². The van der Waals surface area contributed by atoms with Crippen LogP contribution >= 0.6 is 0 Å². The van der Waals surface area contributed by atoms with Crippen molar-refractivity contribution in [1.29, 1.82) is 0 Å². The summed E-state index contributed by atoms with van der Waals surface area (Å²) in [7, 11) is 1.59. The van der Waals surface area contributed by atoms with E-state index < -0.39 is 6.10 Å². The first-order chi connectivity index (χ1) is 12.2. The van der Waals surface area contributed by atoms with Crippen molar-refractivity contribution in [1.82, 2.24) is 5.32 Å². The van der Waals surface area contributed by atoms with Gasteiger partial charge in [0.1, 0.15) is 12.7 Å². The largest absolute Gasteiger partial charge is 1.00 e. The predicted molar refractivity (Wildman–Crippen MR) is 97.9 cm³/mol. The molecule has 3 N–H and O–H groups in total. The van der Waals surface area contributed by atoms with E-state index >= 15 is 0 Å². The van der Waals surface area contributed by atoms with Crippen LogP contribution in [0.15, 0.2) is 48.5 Å². The minimum atomic E-state index is -0.692. The van der Waals surface area contributed by atoms with Gasteiger partial charge in [-0.25, -0.2) is 0 Å². The highest BCUT2D eigenvalue weighted by molar-refractivity contribution is 5.43. The average Bonchev–Trinajstić information content (AvgIpc) is 2.67. The van der Waals surface area contributed by atoms with Gasteiger partial charge in [0.25, 0.3) is 0 Å². The van der Waals surface area contributed by atoms with Gasteiger partial charge in [0.2, 0.25) is 0 Å². The summed E-state index contributed by atoms with van der Waals surface area (Å²) < 4.78 is 11.1. The van der Waals surface area contributed by atoms with Gasteiger partial charge in [0, 0.05) is 12.6 Å². The number of methoxy groups -OCH3 is 1. The molecule has 5 nitrogen and oxygen atoms in total. The maximum Gasteiger partial charge on any atom is 0.161 e. The van der Waals surface area contributed by atoms with Crippen molar-refractivity contribution in [3.8, 4) is 11.5 Å². The van der Waals surface area contributed by atoms with Gasteiger partial charge in [-0.2, -0.15) is 0 Å². The van der Waals surface area contributed by atoms with Gasteiger partial charge in [-0.15, -0.1) is 0 Å². The summed E-state index contributed by atoms with van der Waals surface area (Å²) in [4.78, 5) is 0. The van der Waals surface area contributed by atoms with Gasteiger partial charge in [-0.3, -0.25) is 0 Å². The van der Waals surface area contributed by atoms with E-state index in [0.717, 1.165) is 17.5 Å². The van der Waals surface area contributed by atoms with E-state index in [4.69, 9.17) is 9.47 Å². The van der Waals surface area contributed by atoms with Crippen molar-refractivity contribution in [3.05, 3.63) is 59.7 Å². The molecule has 2 aromatic rings. The molecular weight excluding hydrogens is 354 g/mol. The zero-order valence-corrected chi connectivity index (χ0v) is 15.9. The predicted octanol–water partition coefficient (Wildman–Crippen LogP) is -0.328. The van der Waals surface area contributed by atoms with Crippen molar-refractivity contribution in [2.75, 3.05) is 20.3 Å². The monoisotopic (exact) mass is 380 g/mol. The fourth-order valence-electron chi connectivity index (χ4n) is 2.48. The number of nitrogens with one attached hydrogen (secondary N) is 1. The van der Waals surface area contributed by atoms with Crippen LogP contribution in [-0.2, 0) is 6.54 Å². The lowest BCUT2D eigenvalue weighted by Crippen LogP contribution is -3.00. The molecule has 0 aliphatic rings. The Labute approximate surface area is 161 Å². The SMILES string of the molecule is CCC(CO)NCc1ccc(OCC(O)c2ccccc2)c(OC)c1.[Cl-]. The number of aliphatic hydroxyl groups excluding tert-OH is 2. The van der Waals surface area contributed by atoms with Crippen LogP contribution in [0.25, 0.3) is 0 Å². The minimum absolute atomic E-state index is 0. The van der Waals surface area contributed by atoms with E-state index in [1.807, 2.05) is 55.5 Å². The average molecular weight is 381 g/mol. The first-order valence-corrected chi connectivity index (χ1v) is 8.54. The van der Waals surface area contributed by atoms with Gasteiger partial charge in [0.05, 0.1) is 13.7 Å². The molecule has 6 heteroatoms. The summed E-state index contributed by atoms with van der Waals surface area (Å²) in [5.74, 6) is 1.21. The van der Waals surface area contributed by atoms with Crippen LogP contribution in [-0.4, -0.2) is 36.6 Å². The molecule has 0 bridgehead atoms. The van der Waals surface area contributed by atoms with E-state index in [9.17, 15) is 10.2 Å². The van der Waals surface area contributed by atoms with E-state index in [1.165, 1.54) is 0 Å². The van der Waals surface area contributed by atoms with Crippen LogP contribution in [0, 0.1) is 0 Å². The van der Waals surface area contributed by atoms with Crippen molar-refractivity contribution < 1.29 is 32.1 Å². The van der Waals surface area contributed by atoms with Gasteiger partial charge in [-0.1, -0.05) is 43.3 Å². The Bertz CT molecular complexity index is 635. The second-order valence-electron chi connectivity index (χ2n) is 5.89. The molecule has 0 spiro atoms. The molecule has 0 heterocycles. The molecule has 144 valence electrons. The fraction of sp³-hybridized carbons (Fsp3) is 0.400. The third-order valence-electron chi connectivity index (χ3n) is 4.12. The van der Waals surface area contributed by atoms with E-state index in [0.29, 0.717) is 18.0 Å². The molecular formula is C20H27ClNO4-. The molecule has 0 saturated carbocycles. The lowest BCUT2D eigenvalue weighted by molar-refractivity contribution is -0.00000809. The summed E-state index contributed by atoms with van der Waals surface area (Å²) in [6.45, 7) is 2.94. The molecule has 0 saturated heterocycles. The van der Waals surface area contributed by atoms with Crippen LogP contribution in [0.3, 0.4) is 0 Å². The maximum absolute atomic E-state index is 10.2. The highest BCUT2D eigenvalue weighted by atomic mass is 35.5. The van der Waals surface area contributed by atoms with E-state index in [-0.39, 0.29) is 31.7 Å². The highest BCUT2D eigenvalue weighted by Crippen LogP contribution is 2.29. The summed E-state index contributed by atoms with van der Waals surface area (Å²) in [5.41, 5.74) is 1.86. The number of hydrogen-bond donors (Lipinski definition) is 3. The first-order valence-electron chi connectivity index (χ1n) is 8.54. The number of benzene rings is 2. The zero-order chi connectivity index (χ0) is 18.1. The van der Waals surface area contributed by atoms with Crippen molar-refractivity contribution in [3.63, 3.8) is 0 Å². The second kappa shape index (κ2) is 11.8. The smallest absolute Gasteiger partial charge is 0.161 e. The highest BCUT2D eigenvalue weighted by Gasteiger charge is 2.12. The summed E-state index contributed by atoms with van der Waals surface area (Å²) in [6, 6.07) is 15.2. The molecule has 2 unspecified atom stereocenters. The Hall–Kier alpha value is -1.79. The summed E-state index contributed by atoms with van der Waals surface area (Å²) in [6.07, 6.45) is 0.175. The lowest BCUT2D eigenvalue weighted by atomic mass is 10.1. The summed E-state index contributed by atoms with van der Waals surface area (Å²) in [5, 5.41) is 22.7. The first kappa shape index (κ1) is 22.3. The van der Waals surface area contributed by atoms with Crippen molar-refractivity contribution >= 4 is 0 Å². The van der Waals surface area contributed by atoms with Gasteiger partial charge >= 0.3 is 0 Å². The molecule has 0 aromatic heterocycles. The second-order valence-corrected chi connectivity index (χ2v) is 5.89. The fourth-order valence-corrected chi connectivity index (χ4v) is 2.48. The lowest BCUT2D eigenvalue weighted by Gasteiger charge is -2.17. The Balaban J connectivity index is 0.00000338. The Kier molecular flexibility index (Phi) is 10.1. The minimum Gasteiger partial charge on any atom is -1.00 e. The molecule has 2 rings (SSSR count). The number of ether oxygens (including phenoxy) is 2. The third kappa shape index (κ3) is 6.50. The Morgan fingerprint density at radius 2 is 1.81 bits per heavy atom. The molecule has 0 radical (unpaired) electrons. The number of rotatable bonds is 10. The number of hydrogen-bond acceptors (Lipinski definition) is 5. The van der Waals surface area contributed by atoms with Crippen LogP contribution in [0.5, 0.6) is 11.5 Å². The normalized spacial score (nSPS) is 12.8. The van der Waals surface area contributed by atoms with Crippen LogP contribution in [0.1, 0.15) is 30.6 Å². The quantitative estimate of drug-likeness (QED) is 0.526. The van der Waals surface area contributed by atoms with Crippen molar-refractivity contribution in [2.45, 2.75) is 32.0 Å². The molecule has 0 fully saturated rings. The van der Waals surface area contributed by atoms with E-state index in [2.05, 4.69) is 5.32 Å². The Morgan fingerprint density at radius 3 is 2.42 bits per heavy atom. The molecule has 0 amide bonds. The van der Waals surface area contributed by atoms with Crippen LogP contribution in [0.2, 0.25) is 0 Å². The standard InChI is InChI=1S/C20H27NO4.ClH/c1-3-17(13-22)21-12-15-9-10-19(20(11-15)24-2)25-14-18(23)16-7-5-4-6-8-16;/h4-11,17-18,21-23H,3,12-14H2,1-2H3;1H/p-1. The van der Waals surface area contributed by atoms with Gasteiger partial charge < -0.3 is 37.4 Å². The third-order valence-corrected chi connectivity index (χ3v) is 4.12. The Morgan fingerprint density at radius 1 is 1.08 bits per heavy atom. The summed E-state index contributed by atoms with van der Waals surface area (Å²) >= 11 is 0. The van der Waals surface area contributed by atoms with Crippen LogP contribution < -0.4 is 27.2 Å². The molecule has 2 aromatic carbocycles. The van der Waals surface area contributed by atoms with E-state index in [1.54, 1.807) is 7.11 Å². The molecule has 0 aliphatic carbocycles. The topological polar surface area (TPSA) is 71.0 Å². The maximum atomic E-state index is 10.2. The number of aliphatic hydroxyl groups is 2. The molecule has 2 atom stereocenters. The zero-order valence-electron chi connectivity index (χ0n) is 15.2. The number of halogens is 1. The van der Waals surface area contributed by atoms with Gasteiger partial charge in [-0.05, 0) is 29.7 Å². The molecule has 26 heavy (non-hydrogen) atoms. The van der Waals surface area contributed by atoms with Crippen LogP contribution in [0.4, 0.5) is 0 Å². The van der Waals surface area contributed by atoms with Crippen molar-refractivity contribution in [2.24, 2.45) is 0 Å².